The minimum Gasteiger partial charge on any atom is -0.480 e. The van der Waals surface area contributed by atoms with Crippen molar-refractivity contribution in [3.63, 3.8) is 0 Å². The first-order valence-corrected chi connectivity index (χ1v) is 13.8. The van der Waals surface area contributed by atoms with Crippen LogP contribution in [0.2, 0.25) is 0 Å². The Bertz CT molecular complexity index is 1320. The van der Waals surface area contributed by atoms with Gasteiger partial charge in [-0.05, 0) is 50.2 Å². The van der Waals surface area contributed by atoms with E-state index in [9.17, 15) is 29.1 Å². The second-order valence-corrected chi connectivity index (χ2v) is 10.3. The van der Waals surface area contributed by atoms with Gasteiger partial charge in [-0.25, -0.2) is 4.79 Å². The molecule has 12 N–H and O–H groups in total. The SMILES string of the molecule is NC(=O)CCC(NC(=O)C(N)Cc1c[nH]c2ccccc12)C(=O)NC(CCCN=C(N)N)C(=O)N1CCCC1C(=O)O. The number of likely N-dealkylation sites (tertiary alicyclic amines) is 1. The predicted octanol–water partition coefficient (Wildman–Crippen LogP) is -1.60. The van der Waals surface area contributed by atoms with Crippen LogP contribution in [-0.2, 0) is 30.4 Å². The molecule has 0 bridgehead atoms. The van der Waals surface area contributed by atoms with E-state index < -0.39 is 53.8 Å². The summed E-state index contributed by atoms with van der Waals surface area (Å²) in [4.78, 5) is 71.3. The van der Waals surface area contributed by atoms with Gasteiger partial charge in [0.25, 0.3) is 0 Å². The van der Waals surface area contributed by atoms with Gasteiger partial charge in [-0.15, -0.1) is 0 Å². The predicted molar refractivity (Wildman–Crippen MR) is 155 cm³/mol. The Labute approximate surface area is 242 Å². The van der Waals surface area contributed by atoms with Gasteiger partial charge in [-0.2, -0.15) is 0 Å². The van der Waals surface area contributed by atoms with Crippen molar-refractivity contribution in [1.82, 2.24) is 20.5 Å². The summed E-state index contributed by atoms with van der Waals surface area (Å²) in [5, 5.41) is 15.7. The van der Waals surface area contributed by atoms with Crippen molar-refractivity contribution in [2.24, 2.45) is 27.9 Å². The molecule has 15 nitrogen and oxygen atoms in total. The van der Waals surface area contributed by atoms with E-state index in [1.165, 1.54) is 4.90 Å². The molecule has 4 unspecified atom stereocenters. The first-order chi connectivity index (χ1) is 20.0. The number of H-pyrrole nitrogens is 1. The van der Waals surface area contributed by atoms with Gasteiger partial charge in [-0.3, -0.25) is 24.2 Å². The van der Waals surface area contributed by atoms with Crippen LogP contribution in [-0.4, -0.2) is 87.8 Å². The minimum absolute atomic E-state index is 0.0980. The number of nitrogens with zero attached hydrogens (tertiary/aromatic N) is 2. The summed E-state index contributed by atoms with van der Waals surface area (Å²) < 4.78 is 0. The van der Waals surface area contributed by atoms with Crippen LogP contribution in [0.25, 0.3) is 10.9 Å². The monoisotopic (exact) mass is 585 g/mol. The number of para-hydroxylation sites is 1. The first kappa shape index (κ1) is 31.9. The zero-order valence-corrected chi connectivity index (χ0v) is 23.3. The molecule has 0 saturated carbocycles. The number of aromatic nitrogens is 1. The number of hydrogen-bond acceptors (Lipinski definition) is 7. The number of rotatable bonds is 15. The lowest BCUT2D eigenvalue weighted by Gasteiger charge is -2.29. The van der Waals surface area contributed by atoms with Crippen LogP contribution < -0.4 is 33.6 Å². The smallest absolute Gasteiger partial charge is 0.326 e. The van der Waals surface area contributed by atoms with Crippen LogP contribution >= 0.6 is 0 Å². The van der Waals surface area contributed by atoms with Gasteiger partial charge in [0.15, 0.2) is 5.96 Å². The Kier molecular flexibility index (Phi) is 11.2. The van der Waals surface area contributed by atoms with Crippen LogP contribution in [0.1, 0.15) is 44.1 Å². The van der Waals surface area contributed by atoms with E-state index >= 15 is 0 Å². The van der Waals surface area contributed by atoms with Crippen molar-refractivity contribution in [2.75, 3.05) is 13.1 Å². The molecule has 1 aromatic heterocycles. The summed E-state index contributed by atoms with van der Waals surface area (Å²) in [7, 11) is 0. The molecule has 4 atom stereocenters. The molecule has 0 aliphatic carbocycles. The molecule has 1 fully saturated rings. The van der Waals surface area contributed by atoms with Crippen molar-refractivity contribution >= 4 is 46.5 Å². The fraction of sp³-hybridized carbons (Fsp3) is 0.481. The van der Waals surface area contributed by atoms with Crippen LogP contribution in [0.3, 0.4) is 0 Å². The number of carbonyl (C=O) groups excluding carboxylic acids is 4. The minimum atomic E-state index is -1.24. The number of aromatic amines is 1. The zero-order valence-electron chi connectivity index (χ0n) is 23.3. The largest absolute Gasteiger partial charge is 0.480 e. The number of nitrogens with one attached hydrogen (secondary N) is 3. The molecule has 42 heavy (non-hydrogen) atoms. The average molecular weight is 586 g/mol. The Morgan fingerprint density at radius 1 is 1.05 bits per heavy atom. The lowest BCUT2D eigenvalue weighted by Crippen LogP contribution is -2.57. The maximum atomic E-state index is 13.4. The third kappa shape index (κ3) is 8.67. The van der Waals surface area contributed by atoms with Crippen LogP contribution in [0.5, 0.6) is 0 Å². The average Bonchev–Trinajstić information content (AvgIpc) is 3.60. The molecule has 4 amide bonds. The summed E-state index contributed by atoms with van der Waals surface area (Å²) in [5.74, 6) is -3.90. The fourth-order valence-corrected chi connectivity index (χ4v) is 4.98. The molecular weight excluding hydrogens is 546 g/mol. The quantitative estimate of drug-likeness (QED) is 0.0678. The van der Waals surface area contributed by atoms with E-state index in [0.29, 0.717) is 19.3 Å². The van der Waals surface area contributed by atoms with E-state index in [1.54, 1.807) is 6.20 Å². The Balaban J connectivity index is 1.74. The Morgan fingerprint density at radius 3 is 2.45 bits per heavy atom. The number of primary amides is 1. The van der Waals surface area contributed by atoms with Gasteiger partial charge in [0.05, 0.1) is 6.04 Å². The molecule has 2 heterocycles. The van der Waals surface area contributed by atoms with Crippen molar-refractivity contribution in [3.05, 3.63) is 36.0 Å². The van der Waals surface area contributed by atoms with E-state index in [0.717, 1.165) is 16.5 Å². The Hall–Kier alpha value is -4.66. The zero-order chi connectivity index (χ0) is 30.8. The Morgan fingerprint density at radius 2 is 1.76 bits per heavy atom. The number of aliphatic imine (C=N–C) groups is 1. The maximum absolute atomic E-state index is 13.4. The first-order valence-electron chi connectivity index (χ1n) is 13.8. The molecule has 1 aromatic carbocycles. The van der Waals surface area contributed by atoms with Crippen molar-refractivity contribution < 1.29 is 29.1 Å². The number of aliphatic carboxylic acids is 1. The molecule has 1 aliphatic heterocycles. The van der Waals surface area contributed by atoms with Gasteiger partial charge in [0.2, 0.25) is 23.6 Å². The molecule has 0 radical (unpaired) electrons. The third-order valence-electron chi connectivity index (χ3n) is 7.14. The summed E-state index contributed by atoms with van der Waals surface area (Å²) >= 11 is 0. The second-order valence-electron chi connectivity index (χ2n) is 10.3. The van der Waals surface area contributed by atoms with Crippen LogP contribution in [0, 0.1) is 0 Å². The molecular formula is C27H39N9O6. The number of nitrogens with two attached hydrogens (primary N) is 4. The summed E-state index contributed by atoms with van der Waals surface area (Å²) in [6.45, 7) is 0.398. The number of guanidine groups is 1. The normalized spacial score (nSPS) is 16.8. The highest BCUT2D eigenvalue weighted by Crippen LogP contribution is 2.21. The third-order valence-corrected chi connectivity index (χ3v) is 7.14. The van der Waals surface area contributed by atoms with Crippen LogP contribution in [0.15, 0.2) is 35.5 Å². The van der Waals surface area contributed by atoms with E-state index in [-0.39, 0.29) is 44.7 Å². The molecule has 0 spiro atoms. The lowest BCUT2D eigenvalue weighted by atomic mass is 10.0. The number of carbonyl (C=O) groups is 5. The molecule has 1 aliphatic rings. The van der Waals surface area contributed by atoms with Gasteiger partial charge in [0.1, 0.15) is 18.1 Å². The van der Waals surface area contributed by atoms with Gasteiger partial charge in [-0.1, -0.05) is 18.2 Å². The fourth-order valence-electron chi connectivity index (χ4n) is 4.98. The van der Waals surface area contributed by atoms with Crippen LogP contribution in [0.4, 0.5) is 0 Å². The maximum Gasteiger partial charge on any atom is 0.326 e. The standard InChI is InChI=1S/C27H39N9O6/c28-17(13-15-14-33-18-6-2-1-5-16(15)18)23(38)34-19(9-10-22(29)37)24(39)35-20(7-3-11-32-27(30)31)25(40)36-12-4-8-21(36)26(41)42/h1-2,5-6,14,17,19-21,33H,3-4,7-13,28H2,(H2,29,37)(H,34,38)(H,35,39)(H,41,42)(H4,30,31,32). The number of carboxylic acids is 1. The van der Waals surface area contributed by atoms with Gasteiger partial charge in [0, 0.05) is 36.6 Å². The number of carboxylic acid groups (broad SMARTS) is 1. The number of amides is 4. The molecule has 1 saturated heterocycles. The van der Waals surface area contributed by atoms with E-state index in [4.69, 9.17) is 22.9 Å². The van der Waals surface area contributed by atoms with Crippen molar-refractivity contribution in [3.8, 4) is 0 Å². The van der Waals surface area contributed by atoms with Crippen molar-refractivity contribution in [2.45, 2.75) is 69.1 Å². The highest BCUT2D eigenvalue weighted by molar-refractivity contribution is 5.95. The molecule has 3 rings (SSSR count). The topological polar surface area (TPSA) is 265 Å². The van der Waals surface area contributed by atoms with Gasteiger partial charge >= 0.3 is 5.97 Å². The summed E-state index contributed by atoms with van der Waals surface area (Å²) in [6, 6.07) is 3.14. The molecule has 2 aromatic rings. The lowest BCUT2D eigenvalue weighted by molar-refractivity contribution is -0.149. The number of fused-ring (bicyclic) bond motifs is 1. The van der Waals surface area contributed by atoms with E-state index in [1.807, 2.05) is 24.3 Å². The molecule has 15 heteroatoms. The highest BCUT2D eigenvalue weighted by atomic mass is 16.4. The van der Waals surface area contributed by atoms with Gasteiger partial charge < -0.3 is 48.6 Å². The number of hydrogen-bond donors (Lipinski definition) is 8. The molecule has 228 valence electrons. The van der Waals surface area contributed by atoms with Crippen molar-refractivity contribution in [1.29, 1.82) is 0 Å². The number of benzene rings is 1. The summed E-state index contributed by atoms with van der Waals surface area (Å²) in [5.41, 5.74) is 23.9. The van der Waals surface area contributed by atoms with E-state index in [2.05, 4.69) is 20.6 Å². The second kappa shape index (κ2) is 14.8. The highest BCUT2D eigenvalue weighted by Gasteiger charge is 2.38. The summed E-state index contributed by atoms with van der Waals surface area (Å²) in [6.07, 6.45) is 2.78.